The largest absolute Gasteiger partial charge is 0.456 e. The van der Waals surface area contributed by atoms with Crippen molar-refractivity contribution in [1.82, 2.24) is 0 Å². The Morgan fingerprint density at radius 1 is 1.16 bits per heavy atom. The molecule has 0 aromatic rings. The van der Waals surface area contributed by atoms with Gasteiger partial charge in [-0.2, -0.15) is 0 Å². The summed E-state index contributed by atoms with van der Waals surface area (Å²) in [4.78, 5) is 37.9. The average Bonchev–Trinajstić information content (AvgIpc) is 3.44. The van der Waals surface area contributed by atoms with Gasteiger partial charge >= 0.3 is 11.9 Å². The van der Waals surface area contributed by atoms with Crippen LogP contribution in [0.15, 0.2) is 23.3 Å². The van der Waals surface area contributed by atoms with Gasteiger partial charge in [-0.1, -0.05) is 12.5 Å². The molecule has 7 nitrogen and oxygen atoms in total. The first-order chi connectivity index (χ1) is 17.3. The fourth-order valence-electron chi connectivity index (χ4n) is 9.84. The summed E-state index contributed by atoms with van der Waals surface area (Å²) >= 11 is 0. The van der Waals surface area contributed by atoms with E-state index < -0.39 is 28.8 Å². The molecule has 11 atom stereocenters. The van der Waals surface area contributed by atoms with Crippen LogP contribution in [0.3, 0.4) is 0 Å². The van der Waals surface area contributed by atoms with Gasteiger partial charge in [0.05, 0.1) is 11.5 Å². The van der Waals surface area contributed by atoms with Gasteiger partial charge in [-0.05, 0) is 101 Å². The van der Waals surface area contributed by atoms with Crippen molar-refractivity contribution in [2.24, 2.45) is 34.5 Å². The number of fused-ring (bicyclic) bond motifs is 4. The zero-order chi connectivity index (χ0) is 26.7. The van der Waals surface area contributed by atoms with Gasteiger partial charge in [-0.3, -0.25) is 9.59 Å². The molecule has 4 aliphatic carbocycles. The van der Waals surface area contributed by atoms with Crippen LogP contribution in [0.4, 0.5) is 0 Å². The van der Waals surface area contributed by atoms with Crippen molar-refractivity contribution in [2.75, 3.05) is 0 Å². The fourth-order valence-corrected chi connectivity index (χ4v) is 9.84. The second-order valence-corrected chi connectivity index (χ2v) is 13.4. The van der Waals surface area contributed by atoms with Crippen molar-refractivity contribution in [2.45, 2.75) is 110 Å². The third-order valence-electron chi connectivity index (χ3n) is 11.9. The van der Waals surface area contributed by atoms with Crippen molar-refractivity contribution >= 4 is 17.7 Å². The van der Waals surface area contributed by atoms with Gasteiger partial charge in [0.1, 0.15) is 17.3 Å². The second kappa shape index (κ2) is 7.78. The van der Waals surface area contributed by atoms with E-state index in [1.165, 1.54) is 6.92 Å². The molecule has 3 saturated carbocycles. The first kappa shape index (κ1) is 25.3. The Bertz CT molecular complexity index is 1130. The van der Waals surface area contributed by atoms with Crippen LogP contribution in [0.2, 0.25) is 0 Å². The molecule has 0 aromatic carbocycles. The van der Waals surface area contributed by atoms with Crippen LogP contribution in [0.5, 0.6) is 0 Å². The average molecular weight is 513 g/mol. The van der Waals surface area contributed by atoms with E-state index >= 15 is 0 Å². The topological polar surface area (TPSA) is 102 Å². The summed E-state index contributed by atoms with van der Waals surface area (Å²) in [5.41, 5.74) is -1.15. The highest BCUT2D eigenvalue weighted by atomic mass is 16.7. The van der Waals surface area contributed by atoms with Gasteiger partial charge in [0.25, 0.3) is 0 Å². The first-order valence-corrected chi connectivity index (χ1v) is 14.0. The summed E-state index contributed by atoms with van der Waals surface area (Å²) in [6.07, 6.45) is 7.09. The number of ether oxygens (including phenoxy) is 3. The number of hydrogen-bond donors (Lipinski definition) is 1. The highest BCUT2D eigenvalue weighted by Crippen LogP contribution is 2.73. The second-order valence-electron chi connectivity index (χ2n) is 13.4. The standard InChI is InChI=1S/C30H40O7/c1-15-13-24(36-26(33)16(15)2)29(6,34)21-8-7-19-18-14-25-30(37-25)23(35-17(3)31)10-9-22(32)28(30,5)20(18)11-12-27(19,21)4/h9-10,18-21,23-25,34H,7-8,11-14H2,1-6H3/t18-,19-,20-,21-,23+,24+,25+,27-,28-,29+,30+/m0/s1. The monoisotopic (exact) mass is 512 g/mol. The molecular formula is C30H40O7. The van der Waals surface area contributed by atoms with Crippen LogP contribution in [-0.2, 0) is 28.6 Å². The number of ketones is 1. The lowest BCUT2D eigenvalue weighted by Gasteiger charge is -2.59. The first-order valence-electron chi connectivity index (χ1n) is 14.0. The number of aliphatic hydroxyl groups is 1. The minimum Gasteiger partial charge on any atom is -0.456 e. The minimum atomic E-state index is -1.14. The Labute approximate surface area is 219 Å². The van der Waals surface area contributed by atoms with Crippen LogP contribution in [0.1, 0.15) is 80.1 Å². The third-order valence-corrected chi connectivity index (χ3v) is 11.9. The van der Waals surface area contributed by atoms with Crippen molar-refractivity contribution in [3.05, 3.63) is 23.3 Å². The maximum absolute atomic E-state index is 13.6. The van der Waals surface area contributed by atoms with Crippen LogP contribution < -0.4 is 0 Å². The molecule has 2 heterocycles. The predicted molar refractivity (Wildman–Crippen MR) is 134 cm³/mol. The number of epoxide rings is 1. The number of carbonyl (C=O) groups excluding carboxylic acids is 3. The predicted octanol–water partition coefficient (Wildman–Crippen LogP) is 4.07. The SMILES string of the molecule is CC(=O)O[C@@H]1C=CC(=O)[C@]2(C)[C@H]3CC[C@]4(C)[C@@H]([C@@](C)(O)[C@H]5CC(C)=C(C)C(=O)O5)CC[C@H]4[C@@H]3C[C@H]3O[C@]132. The van der Waals surface area contributed by atoms with Gasteiger partial charge in [0, 0.05) is 18.9 Å². The van der Waals surface area contributed by atoms with Crippen LogP contribution in [0.25, 0.3) is 0 Å². The van der Waals surface area contributed by atoms with E-state index in [4.69, 9.17) is 14.2 Å². The lowest BCUT2D eigenvalue weighted by atomic mass is 9.44. The van der Waals surface area contributed by atoms with Gasteiger partial charge < -0.3 is 19.3 Å². The molecule has 0 bridgehead atoms. The van der Waals surface area contributed by atoms with E-state index in [0.717, 1.165) is 37.7 Å². The van der Waals surface area contributed by atoms with E-state index in [1.807, 2.05) is 20.8 Å². The van der Waals surface area contributed by atoms with E-state index in [2.05, 4.69) is 6.92 Å². The van der Waals surface area contributed by atoms with Gasteiger partial charge in [0.2, 0.25) is 0 Å². The molecule has 0 unspecified atom stereocenters. The highest BCUT2D eigenvalue weighted by Gasteiger charge is 2.81. The molecule has 7 heteroatoms. The number of allylic oxidation sites excluding steroid dienone is 1. The molecule has 0 radical (unpaired) electrons. The zero-order valence-corrected chi connectivity index (χ0v) is 22.8. The van der Waals surface area contributed by atoms with E-state index in [0.29, 0.717) is 17.9 Å². The van der Waals surface area contributed by atoms with Gasteiger partial charge in [-0.25, -0.2) is 4.79 Å². The summed E-state index contributed by atoms with van der Waals surface area (Å²) in [6, 6.07) is 0. The summed E-state index contributed by atoms with van der Waals surface area (Å²) in [5.74, 6) is 0.129. The van der Waals surface area contributed by atoms with E-state index in [9.17, 15) is 19.5 Å². The van der Waals surface area contributed by atoms with Crippen molar-refractivity contribution in [3.8, 4) is 0 Å². The van der Waals surface area contributed by atoms with Gasteiger partial charge in [-0.15, -0.1) is 0 Å². The van der Waals surface area contributed by atoms with Crippen molar-refractivity contribution < 1.29 is 33.7 Å². The number of esters is 2. The molecule has 202 valence electrons. The molecule has 6 aliphatic rings. The molecule has 0 aromatic heterocycles. The number of carbonyl (C=O) groups is 3. The maximum atomic E-state index is 13.6. The summed E-state index contributed by atoms with van der Waals surface area (Å²) in [5, 5.41) is 12.0. The number of hydrogen-bond acceptors (Lipinski definition) is 7. The fraction of sp³-hybridized carbons (Fsp3) is 0.767. The summed E-state index contributed by atoms with van der Waals surface area (Å²) in [7, 11) is 0. The smallest absolute Gasteiger partial charge is 0.334 e. The summed E-state index contributed by atoms with van der Waals surface area (Å²) in [6.45, 7) is 11.3. The van der Waals surface area contributed by atoms with Crippen LogP contribution in [-0.4, -0.2) is 52.3 Å². The Kier molecular flexibility index (Phi) is 5.32. The molecule has 1 saturated heterocycles. The highest BCUT2D eigenvalue weighted by molar-refractivity contribution is 5.98. The third kappa shape index (κ3) is 3.10. The molecule has 1 N–H and O–H groups in total. The van der Waals surface area contributed by atoms with Crippen molar-refractivity contribution in [1.29, 1.82) is 0 Å². The normalized spacial score (nSPS) is 49.8. The quantitative estimate of drug-likeness (QED) is 0.449. The Morgan fingerprint density at radius 3 is 2.57 bits per heavy atom. The minimum absolute atomic E-state index is 0.00897. The Hall–Kier alpha value is -1.99. The summed E-state index contributed by atoms with van der Waals surface area (Å²) < 4.78 is 17.9. The Morgan fingerprint density at radius 2 is 1.89 bits per heavy atom. The number of rotatable bonds is 3. The van der Waals surface area contributed by atoms with E-state index in [1.54, 1.807) is 19.1 Å². The molecule has 6 rings (SSSR count). The zero-order valence-electron chi connectivity index (χ0n) is 22.8. The maximum Gasteiger partial charge on any atom is 0.334 e. The van der Waals surface area contributed by atoms with E-state index in [-0.39, 0.29) is 47.0 Å². The lowest BCUT2D eigenvalue weighted by Crippen LogP contribution is -2.64. The number of cyclic esters (lactones) is 1. The lowest BCUT2D eigenvalue weighted by molar-refractivity contribution is -0.185. The molecule has 1 spiro atoms. The molecule has 4 fully saturated rings. The van der Waals surface area contributed by atoms with Crippen molar-refractivity contribution in [3.63, 3.8) is 0 Å². The molecule has 37 heavy (non-hydrogen) atoms. The molecular weight excluding hydrogens is 472 g/mol. The molecule has 0 amide bonds. The van der Waals surface area contributed by atoms with Crippen LogP contribution in [0, 0.1) is 34.5 Å². The van der Waals surface area contributed by atoms with Gasteiger partial charge in [0.15, 0.2) is 11.9 Å². The molecule has 2 aliphatic heterocycles. The van der Waals surface area contributed by atoms with Crippen LogP contribution >= 0.6 is 0 Å². The Balaban J connectivity index is 1.30.